The molecule has 3 heteroatoms. The lowest BCUT2D eigenvalue weighted by Crippen LogP contribution is -2.29. The van der Waals surface area contributed by atoms with E-state index >= 15 is 0 Å². The smallest absolute Gasteiger partial charge is 0.210 e. The molecule has 0 saturated heterocycles. The molecule has 3 rings (SSSR count). The highest BCUT2D eigenvalue weighted by molar-refractivity contribution is 8.15. The molecule has 0 aliphatic carbocycles. The molecule has 116 valence electrons. The zero-order valence-corrected chi connectivity index (χ0v) is 14.7. The first-order valence-electron chi connectivity index (χ1n) is 7.54. The number of halogens is 1. The summed E-state index contributed by atoms with van der Waals surface area (Å²) in [5.41, 5.74) is 1.14. The highest BCUT2D eigenvalue weighted by atomic mass is 35.7. The molecular weight excluding hydrogens is 323 g/mol. The van der Waals surface area contributed by atoms with Crippen molar-refractivity contribution in [1.29, 1.82) is 0 Å². The first-order valence-corrected chi connectivity index (χ1v) is 10.2. The molecule has 0 bridgehead atoms. The molecule has 0 unspecified atom stereocenters. The van der Waals surface area contributed by atoms with E-state index in [0.717, 1.165) is 16.2 Å². The Balaban J connectivity index is 2.26. The minimum atomic E-state index is -2.20. The van der Waals surface area contributed by atoms with Gasteiger partial charge in [-0.15, -0.1) is 0 Å². The molecule has 0 aliphatic rings. The molecular formula is C20H19ClOP+. The fraction of sp³-hybridized carbons (Fsp3) is 0.100. The second-order valence-electron chi connectivity index (χ2n) is 5.32. The van der Waals surface area contributed by atoms with E-state index in [1.807, 2.05) is 42.5 Å². The zero-order valence-electron chi connectivity index (χ0n) is 13.0. The summed E-state index contributed by atoms with van der Waals surface area (Å²) in [5, 5.41) is 3.49. The van der Waals surface area contributed by atoms with Crippen LogP contribution in [0.2, 0.25) is 0 Å². The maximum absolute atomic E-state index is 7.41. The highest BCUT2D eigenvalue weighted by Gasteiger charge is 2.46. The van der Waals surface area contributed by atoms with Crippen LogP contribution in [0.1, 0.15) is 5.56 Å². The second-order valence-corrected chi connectivity index (χ2v) is 9.54. The summed E-state index contributed by atoms with van der Waals surface area (Å²) in [6, 6.07) is 29.1. The van der Waals surface area contributed by atoms with E-state index in [2.05, 4.69) is 42.5 Å². The molecule has 23 heavy (non-hydrogen) atoms. The van der Waals surface area contributed by atoms with Crippen LogP contribution in [0.15, 0.2) is 84.9 Å². The van der Waals surface area contributed by atoms with Crippen molar-refractivity contribution in [2.45, 2.75) is 6.61 Å². The Morgan fingerprint density at radius 2 is 1.22 bits per heavy atom. The van der Waals surface area contributed by atoms with Crippen molar-refractivity contribution < 1.29 is 4.74 Å². The van der Waals surface area contributed by atoms with Gasteiger partial charge in [0.25, 0.3) is 0 Å². The van der Waals surface area contributed by atoms with Gasteiger partial charge in [-0.1, -0.05) is 54.6 Å². The van der Waals surface area contributed by atoms with Gasteiger partial charge in [0, 0.05) is 12.7 Å². The van der Waals surface area contributed by atoms with Gasteiger partial charge in [0.05, 0.1) is 6.61 Å². The number of hydrogen-bond acceptors (Lipinski definition) is 1. The Morgan fingerprint density at radius 1 is 0.739 bits per heavy atom. The van der Waals surface area contributed by atoms with E-state index in [1.165, 1.54) is 5.30 Å². The van der Waals surface area contributed by atoms with Gasteiger partial charge in [0.1, 0.15) is 27.2 Å². The fourth-order valence-electron chi connectivity index (χ4n) is 2.78. The van der Waals surface area contributed by atoms with Gasteiger partial charge >= 0.3 is 0 Å². The molecule has 0 N–H and O–H groups in total. The molecule has 0 spiro atoms. The van der Waals surface area contributed by atoms with E-state index in [0.29, 0.717) is 6.61 Å². The quantitative estimate of drug-likeness (QED) is 0.629. The van der Waals surface area contributed by atoms with Gasteiger partial charge in [-0.25, -0.2) is 0 Å². The second kappa shape index (κ2) is 7.27. The molecule has 3 aromatic rings. The third kappa shape index (κ3) is 3.19. The summed E-state index contributed by atoms with van der Waals surface area (Å²) in [7, 11) is 1.72. The Bertz CT molecular complexity index is 719. The number of benzene rings is 3. The Morgan fingerprint density at radius 3 is 1.74 bits per heavy atom. The lowest BCUT2D eigenvalue weighted by Gasteiger charge is -2.21. The topological polar surface area (TPSA) is 9.23 Å². The van der Waals surface area contributed by atoms with Crippen LogP contribution in [0.4, 0.5) is 0 Å². The fourth-order valence-corrected chi connectivity index (χ4v) is 6.80. The number of hydrogen-bond donors (Lipinski definition) is 0. The maximum Gasteiger partial charge on any atom is 0.210 e. The van der Waals surface area contributed by atoms with Crippen LogP contribution in [-0.2, 0) is 11.3 Å². The third-order valence-corrected chi connectivity index (χ3v) is 8.68. The molecule has 0 amide bonds. The van der Waals surface area contributed by atoms with Crippen molar-refractivity contribution in [3.8, 4) is 0 Å². The van der Waals surface area contributed by atoms with Crippen LogP contribution in [0.5, 0.6) is 0 Å². The highest BCUT2D eigenvalue weighted by Crippen LogP contribution is 2.60. The number of ether oxygens (including phenoxy) is 1. The SMILES string of the molecule is COCc1ccccc1[P+](Cl)(c1ccccc1)c1ccccc1. The van der Waals surface area contributed by atoms with Crippen molar-refractivity contribution >= 4 is 33.8 Å². The van der Waals surface area contributed by atoms with Crippen molar-refractivity contribution in [2.75, 3.05) is 7.11 Å². The first kappa shape index (κ1) is 16.2. The maximum atomic E-state index is 7.41. The summed E-state index contributed by atoms with van der Waals surface area (Å²) >= 11 is 7.41. The van der Waals surface area contributed by atoms with E-state index in [-0.39, 0.29) is 0 Å². The predicted octanol–water partition coefficient (Wildman–Crippen LogP) is 4.28. The van der Waals surface area contributed by atoms with Crippen molar-refractivity contribution in [1.82, 2.24) is 0 Å². The molecule has 0 heterocycles. The molecule has 0 saturated carbocycles. The van der Waals surface area contributed by atoms with Gasteiger partial charge in [-0.2, -0.15) is 0 Å². The molecule has 3 aromatic carbocycles. The summed E-state index contributed by atoms with van der Waals surface area (Å²) < 4.78 is 5.39. The van der Waals surface area contributed by atoms with Gasteiger partial charge in [-0.3, -0.25) is 0 Å². The van der Waals surface area contributed by atoms with Crippen LogP contribution in [0, 0.1) is 0 Å². The Kier molecular flexibility index (Phi) is 5.13. The first-order chi connectivity index (χ1) is 11.3. The van der Waals surface area contributed by atoms with Crippen LogP contribution in [0.25, 0.3) is 0 Å². The normalized spacial score (nSPS) is 11.4. The minimum absolute atomic E-state index is 0.560. The minimum Gasteiger partial charge on any atom is -0.380 e. The summed E-state index contributed by atoms with van der Waals surface area (Å²) in [6.45, 7) is -1.64. The molecule has 0 fully saturated rings. The predicted molar refractivity (Wildman–Crippen MR) is 102 cm³/mol. The van der Waals surface area contributed by atoms with Crippen molar-refractivity contribution in [2.24, 2.45) is 0 Å². The van der Waals surface area contributed by atoms with Crippen LogP contribution >= 0.6 is 17.9 Å². The van der Waals surface area contributed by atoms with E-state index in [9.17, 15) is 0 Å². The van der Waals surface area contributed by atoms with E-state index < -0.39 is 6.62 Å². The average Bonchev–Trinajstić information content (AvgIpc) is 2.63. The summed E-state index contributed by atoms with van der Waals surface area (Å²) in [5.74, 6) is 0. The monoisotopic (exact) mass is 341 g/mol. The van der Waals surface area contributed by atoms with Gasteiger partial charge in [-0.05, 0) is 30.3 Å². The van der Waals surface area contributed by atoms with E-state index in [1.54, 1.807) is 7.11 Å². The summed E-state index contributed by atoms with van der Waals surface area (Å²) in [6.07, 6.45) is 0. The lowest BCUT2D eigenvalue weighted by atomic mass is 10.2. The van der Waals surface area contributed by atoms with Gasteiger partial charge in [0.15, 0.2) is 0 Å². The van der Waals surface area contributed by atoms with Crippen molar-refractivity contribution in [3.63, 3.8) is 0 Å². The number of rotatable bonds is 5. The molecule has 0 atom stereocenters. The van der Waals surface area contributed by atoms with Gasteiger partial charge < -0.3 is 4.74 Å². The van der Waals surface area contributed by atoms with Gasteiger partial charge in [0.2, 0.25) is 6.62 Å². The average molecular weight is 342 g/mol. The molecule has 0 aliphatic heterocycles. The number of methoxy groups -OCH3 is 1. The Hall–Kier alpha value is -1.66. The molecule has 0 radical (unpaired) electrons. The van der Waals surface area contributed by atoms with Crippen LogP contribution < -0.4 is 15.9 Å². The van der Waals surface area contributed by atoms with Crippen molar-refractivity contribution in [3.05, 3.63) is 90.5 Å². The molecule has 1 nitrogen and oxygen atoms in total. The third-order valence-electron chi connectivity index (χ3n) is 3.85. The Labute approximate surface area is 143 Å². The lowest BCUT2D eigenvalue weighted by molar-refractivity contribution is 0.185. The zero-order chi connectivity index (χ0) is 16.1. The summed E-state index contributed by atoms with van der Waals surface area (Å²) in [4.78, 5) is 0. The van der Waals surface area contributed by atoms with Crippen LogP contribution in [-0.4, -0.2) is 7.11 Å². The van der Waals surface area contributed by atoms with E-state index in [4.69, 9.17) is 16.0 Å². The molecule has 0 aromatic heterocycles. The standard InChI is InChI=1S/C20H19ClOP/c1-22-16-17-10-8-9-15-20(17)23(21,18-11-4-2-5-12-18)19-13-6-3-7-14-19/h2-15H,16H2,1H3/q+1. The van der Waals surface area contributed by atoms with Crippen LogP contribution in [0.3, 0.4) is 0 Å². The largest absolute Gasteiger partial charge is 0.380 e.